The van der Waals surface area contributed by atoms with Crippen molar-refractivity contribution in [2.45, 2.75) is 52.1 Å². The number of benzene rings is 1. The summed E-state index contributed by atoms with van der Waals surface area (Å²) in [7, 11) is 0.392. The fourth-order valence-corrected chi connectivity index (χ4v) is 3.19. The number of unbranched alkanes of at least 4 members (excludes halogenated alkanes) is 1. The van der Waals surface area contributed by atoms with Crippen LogP contribution in [0.1, 0.15) is 57.2 Å². The number of rotatable bonds is 9. The average Bonchev–Trinajstić information content (AvgIpc) is 2.69. The highest BCUT2D eigenvalue weighted by atomic mass is 32.2. The van der Waals surface area contributed by atoms with Crippen LogP contribution in [-0.4, -0.2) is 38.7 Å². The molecule has 29 heavy (non-hydrogen) atoms. The number of hydrogen-bond donors (Lipinski definition) is 1. The Bertz CT molecular complexity index is 869. The molecule has 0 bridgehead atoms. The van der Waals surface area contributed by atoms with E-state index in [1.54, 1.807) is 31.5 Å². The number of aliphatic hydroxyl groups is 1. The molecule has 5 nitrogen and oxygen atoms in total. The summed E-state index contributed by atoms with van der Waals surface area (Å²) in [4.78, 5) is 9.30. The van der Waals surface area contributed by atoms with Crippen molar-refractivity contribution < 1.29 is 13.7 Å². The van der Waals surface area contributed by atoms with E-state index in [-0.39, 0.29) is 11.7 Å². The fraction of sp³-hybridized carbons (Fsp3) is 0.455. The van der Waals surface area contributed by atoms with Gasteiger partial charge in [-0.25, -0.2) is 18.6 Å². The number of hydrogen-bond acceptors (Lipinski definition) is 4. The lowest BCUT2D eigenvalue weighted by Gasteiger charge is -2.20. The first-order valence-corrected chi connectivity index (χ1v) is 11.4. The molecule has 2 atom stereocenters. The maximum absolute atomic E-state index is 13.5. The van der Waals surface area contributed by atoms with E-state index in [1.807, 2.05) is 19.9 Å². The largest absolute Gasteiger partial charge is 0.389 e. The van der Waals surface area contributed by atoms with Gasteiger partial charge in [0, 0.05) is 24.4 Å². The summed E-state index contributed by atoms with van der Waals surface area (Å²) in [5, 5.41) is 10.3. The van der Waals surface area contributed by atoms with Crippen LogP contribution in [-0.2, 0) is 11.0 Å². The molecule has 7 heteroatoms. The van der Waals surface area contributed by atoms with E-state index in [4.69, 9.17) is 0 Å². The third-order valence-corrected chi connectivity index (χ3v) is 5.57. The number of aromatic nitrogens is 2. The molecule has 1 unspecified atom stereocenters. The highest BCUT2D eigenvalue weighted by molar-refractivity contribution is 7.85. The monoisotopic (exact) mass is 419 g/mol. The molecule has 0 aliphatic rings. The SMILES string of the molecule is CCCC[C@H](O)/C=C/c1c(-c2ccc(F)cc2)nc(N(C)S(C)=O)nc1C(C)C. The summed E-state index contributed by atoms with van der Waals surface area (Å²) in [5.41, 5.74) is 2.91. The van der Waals surface area contributed by atoms with Gasteiger partial charge in [-0.15, -0.1) is 0 Å². The highest BCUT2D eigenvalue weighted by Crippen LogP contribution is 2.31. The van der Waals surface area contributed by atoms with Crippen LogP contribution in [0.25, 0.3) is 17.3 Å². The number of nitrogens with zero attached hydrogens (tertiary/aromatic N) is 3. The molecule has 2 aromatic rings. The zero-order valence-electron chi connectivity index (χ0n) is 17.7. The van der Waals surface area contributed by atoms with E-state index in [9.17, 15) is 13.7 Å². The molecule has 0 fully saturated rings. The van der Waals surface area contributed by atoms with Gasteiger partial charge in [-0.1, -0.05) is 45.8 Å². The Kier molecular flexibility index (Phi) is 8.46. The van der Waals surface area contributed by atoms with Crippen molar-refractivity contribution in [2.24, 2.45) is 0 Å². The lowest BCUT2D eigenvalue weighted by Crippen LogP contribution is -2.22. The van der Waals surface area contributed by atoms with E-state index in [0.717, 1.165) is 29.7 Å². The van der Waals surface area contributed by atoms with E-state index in [0.29, 0.717) is 18.1 Å². The molecule has 1 aromatic carbocycles. The van der Waals surface area contributed by atoms with E-state index in [1.165, 1.54) is 16.4 Å². The van der Waals surface area contributed by atoms with Crippen molar-refractivity contribution in [3.05, 3.63) is 47.4 Å². The smallest absolute Gasteiger partial charge is 0.237 e. The average molecular weight is 420 g/mol. The van der Waals surface area contributed by atoms with Crippen molar-refractivity contribution >= 4 is 23.0 Å². The van der Waals surface area contributed by atoms with Gasteiger partial charge in [-0.2, -0.15) is 0 Å². The lowest BCUT2D eigenvalue weighted by atomic mass is 9.97. The van der Waals surface area contributed by atoms with Crippen LogP contribution in [0.2, 0.25) is 0 Å². The molecular weight excluding hydrogens is 389 g/mol. The third-order valence-electron chi connectivity index (χ3n) is 4.63. The molecule has 0 saturated heterocycles. The summed E-state index contributed by atoms with van der Waals surface area (Å²) >= 11 is 0. The number of anilines is 1. The Morgan fingerprint density at radius 3 is 2.45 bits per heavy atom. The van der Waals surface area contributed by atoms with Crippen molar-refractivity contribution in [3.8, 4) is 11.3 Å². The lowest BCUT2D eigenvalue weighted by molar-refractivity contribution is 0.210. The second kappa shape index (κ2) is 10.6. The van der Waals surface area contributed by atoms with Gasteiger partial charge >= 0.3 is 0 Å². The van der Waals surface area contributed by atoms with Crippen molar-refractivity contribution in [3.63, 3.8) is 0 Å². The van der Waals surface area contributed by atoms with Gasteiger partial charge in [0.05, 0.1) is 17.5 Å². The third kappa shape index (κ3) is 6.18. The number of halogens is 1. The normalized spacial score (nSPS) is 13.8. The minimum atomic E-state index is -1.28. The van der Waals surface area contributed by atoms with Crippen LogP contribution in [0.15, 0.2) is 30.3 Å². The standard InChI is InChI=1S/C22H30FN3O2S/c1-6-7-8-18(27)13-14-19-20(15(2)3)24-22(26(4)29(5)28)25-21(19)16-9-11-17(23)12-10-16/h9-15,18,27H,6-8H2,1-5H3/b14-13+/t18-,29?/m0/s1. The summed E-state index contributed by atoms with van der Waals surface area (Å²) in [6.45, 7) is 6.13. The van der Waals surface area contributed by atoms with Crippen LogP contribution in [0.5, 0.6) is 0 Å². The number of aliphatic hydroxyl groups excluding tert-OH is 1. The van der Waals surface area contributed by atoms with Gasteiger partial charge < -0.3 is 5.11 Å². The molecule has 0 saturated carbocycles. The second-order valence-electron chi connectivity index (χ2n) is 7.32. The molecule has 0 aliphatic heterocycles. The molecular formula is C22H30FN3O2S. The van der Waals surface area contributed by atoms with Gasteiger partial charge in [0.15, 0.2) is 0 Å². The Hall–Kier alpha value is -2.12. The molecule has 1 heterocycles. The van der Waals surface area contributed by atoms with E-state index < -0.39 is 17.1 Å². The van der Waals surface area contributed by atoms with Crippen LogP contribution in [0.4, 0.5) is 10.3 Å². The second-order valence-corrected chi connectivity index (χ2v) is 8.72. The maximum atomic E-state index is 13.5. The van der Waals surface area contributed by atoms with Gasteiger partial charge in [-0.3, -0.25) is 4.31 Å². The molecule has 0 radical (unpaired) electrons. The summed E-state index contributed by atoms with van der Waals surface area (Å²) in [6, 6.07) is 6.10. The Morgan fingerprint density at radius 2 is 1.90 bits per heavy atom. The Balaban J connectivity index is 2.65. The van der Waals surface area contributed by atoms with E-state index >= 15 is 0 Å². The molecule has 158 valence electrons. The minimum absolute atomic E-state index is 0.0714. The van der Waals surface area contributed by atoms with Gasteiger partial charge in [-0.05, 0) is 36.6 Å². The van der Waals surface area contributed by atoms with Crippen LogP contribution >= 0.6 is 0 Å². The zero-order valence-corrected chi connectivity index (χ0v) is 18.5. The molecule has 0 spiro atoms. The van der Waals surface area contributed by atoms with Crippen molar-refractivity contribution in [1.82, 2.24) is 9.97 Å². The molecule has 0 amide bonds. The Labute approximate surface area is 175 Å². The van der Waals surface area contributed by atoms with Crippen LogP contribution in [0.3, 0.4) is 0 Å². The molecule has 1 N–H and O–H groups in total. The zero-order chi connectivity index (χ0) is 21.6. The molecule has 0 aliphatic carbocycles. The summed E-state index contributed by atoms with van der Waals surface area (Å²) in [6.07, 6.45) is 7.26. The Morgan fingerprint density at radius 1 is 1.24 bits per heavy atom. The van der Waals surface area contributed by atoms with Crippen LogP contribution < -0.4 is 4.31 Å². The predicted molar refractivity (Wildman–Crippen MR) is 119 cm³/mol. The van der Waals surface area contributed by atoms with Gasteiger partial charge in [0.1, 0.15) is 16.8 Å². The molecule has 1 aromatic heterocycles. The fourth-order valence-electron chi connectivity index (χ4n) is 2.88. The van der Waals surface area contributed by atoms with E-state index in [2.05, 4.69) is 16.9 Å². The topological polar surface area (TPSA) is 66.3 Å². The summed E-state index contributed by atoms with van der Waals surface area (Å²) in [5.74, 6) is 0.0885. The minimum Gasteiger partial charge on any atom is -0.389 e. The molecule has 2 rings (SSSR count). The highest BCUT2D eigenvalue weighted by Gasteiger charge is 2.19. The first-order valence-electron chi connectivity index (χ1n) is 9.86. The van der Waals surface area contributed by atoms with Gasteiger partial charge in [0.2, 0.25) is 5.95 Å². The van der Waals surface area contributed by atoms with Crippen LogP contribution in [0, 0.1) is 5.82 Å². The predicted octanol–water partition coefficient (Wildman–Crippen LogP) is 4.70. The van der Waals surface area contributed by atoms with Crippen molar-refractivity contribution in [1.29, 1.82) is 0 Å². The van der Waals surface area contributed by atoms with Crippen molar-refractivity contribution in [2.75, 3.05) is 17.6 Å². The first-order chi connectivity index (χ1) is 13.7. The first kappa shape index (κ1) is 23.2. The maximum Gasteiger partial charge on any atom is 0.237 e. The quantitative estimate of drug-likeness (QED) is 0.640. The summed E-state index contributed by atoms with van der Waals surface area (Å²) < 4.78 is 26.9. The van der Waals surface area contributed by atoms with Gasteiger partial charge in [0.25, 0.3) is 0 Å².